The van der Waals surface area contributed by atoms with Crippen LogP contribution in [0, 0.1) is 0 Å². The molecule has 0 aromatic heterocycles. The second kappa shape index (κ2) is 6.02. The van der Waals surface area contributed by atoms with E-state index in [0.717, 1.165) is 13.0 Å². The molecule has 1 aromatic carbocycles. The summed E-state index contributed by atoms with van der Waals surface area (Å²) in [5, 5.41) is 7.21. The molecule has 1 heterocycles. The van der Waals surface area contributed by atoms with Crippen molar-refractivity contribution in [3.63, 3.8) is 0 Å². The number of hydrogen-bond acceptors (Lipinski definition) is 2. The lowest BCUT2D eigenvalue weighted by atomic mass is 10.0. The Bertz CT molecular complexity index is 291. The highest BCUT2D eigenvalue weighted by atomic mass is 15.0. The Hall–Kier alpha value is -0.860. The number of benzene rings is 1. The fraction of sp³-hybridized carbons (Fsp3) is 0.571. The highest BCUT2D eigenvalue weighted by molar-refractivity contribution is 5.18. The minimum absolute atomic E-state index is 0.506. The zero-order valence-electron chi connectivity index (χ0n) is 10.1. The summed E-state index contributed by atoms with van der Waals surface area (Å²) in [4.78, 5) is 0. The largest absolute Gasteiger partial charge is 0.315 e. The first-order valence-corrected chi connectivity index (χ1v) is 6.42. The van der Waals surface area contributed by atoms with Crippen molar-refractivity contribution in [1.82, 2.24) is 10.6 Å². The second-order valence-corrected chi connectivity index (χ2v) is 4.58. The maximum atomic E-state index is 3.76. The molecule has 1 saturated heterocycles. The molecular formula is C14H22N2. The number of rotatable bonds is 4. The predicted molar refractivity (Wildman–Crippen MR) is 68.5 cm³/mol. The third-order valence-electron chi connectivity index (χ3n) is 3.34. The van der Waals surface area contributed by atoms with Gasteiger partial charge in [0.15, 0.2) is 0 Å². The van der Waals surface area contributed by atoms with E-state index in [0.29, 0.717) is 12.1 Å². The van der Waals surface area contributed by atoms with Gasteiger partial charge in [-0.15, -0.1) is 0 Å². The topological polar surface area (TPSA) is 24.1 Å². The van der Waals surface area contributed by atoms with E-state index in [9.17, 15) is 0 Å². The van der Waals surface area contributed by atoms with Crippen molar-refractivity contribution in [2.24, 2.45) is 0 Å². The van der Waals surface area contributed by atoms with Gasteiger partial charge in [0, 0.05) is 18.6 Å². The van der Waals surface area contributed by atoms with E-state index in [1.807, 2.05) is 0 Å². The van der Waals surface area contributed by atoms with E-state index in [-0.39, 0.29) is 0 Å². The lowest BCUT2D eigenvalue weighted by Crippen LogP contribution is -2.44. The SMILES string of the molecule is CCC(NC1CCCNC1)c1ccccc1. The van der Waals surface area contributed by atoms with Crippen molar-refractivity contribution >= 4 is 0 Å². The molecule has 16 heavy (non-hydrogen) atoms. The van der Waals surface area contributed by atoms with Crippen molar-refractivity contribution < 1.29 is 0 Å². The molecule has 1 fully saturated rings. The summed E-state index contributed by atoms with van der Waals surface area (Å²) in [6.07, 6.45) is 3.75. The molecule has 2 unspecified atom stereocenters. The maximum absolute atomic E-state index is 3.76. The average molecular weight is 218 g/mol. The van der Waals surface area contributed by atoms with E-state index in [2.05, 4.69) is 47.9 Å². The molecule has 0 amide bonds. The van der Waals surface area contributed by atoms with Gasteiger partial charge in [0.2, 0.25) is 0 Å². The number of piperidine rings is 1. The van der Waals surface area contributed by atoms with Crippen LogP contribution in [0.2, 0.25) is 0 Å². The van der Waals surface area contributed by atoms with Crippen LogP contribution in [0.1, 0.15) is 37.8 Å². The van der Waals surface area contributed by atoms with E-state index >= 15 is 0 Å². The highest BCUT2D eigenvalue weighted by Gasteiger charge is 2.17. The van der Waals surface area contributed by atoms with Gasteiger partial charge in [-0.3, -0.25) is 0 Å². The Morgan fingerprint density at radius 1 is 1.38 bits per heavy atom. The van der Waals surface area contributed by atoms with Gasteiger partial charge < -0.3 is 10.6 Å². The van der Waals surface area contributed by atoms with E-state index in [4.69, 9.17) is 0 Å². The Morgan fingerprint density at radius 3 is 2.81 bits per heavy atom. The van der Waals surface area contributed by atoms with Crippen LogP contribution in [0.5, 0.6) is 0 Å². The first kappa shape index (κ1) is 11.6. The van der Waals surface area contributed by atoms with Gasteiger partial charge in [-0.05, 0) is 31.4 Å². The van der Waals surface area contributed by atoms with Crippen LogP contribution in [-0.4, -0.2) is 19.1 Å². The minimum Gasteiger partial charge on any atom is -0.315 e. The summed E-state index contributed by atoms with van der Waals surface area (Å²) < 4.78 is 0. The Morgan fingerprint density at radius 2 is 2.19 bits per heavy atom. The van der Waals surface area contributed by atoms with Crippen LogP contribution >= 0.6 is 0 Å². The molecule has 0 saturated carbocycles. The summed E-state index contributed by atoms with van der Waals surface area (Å²) in [5.41, 5.74) is 1.41. The predicted octanol–water partition coefficient (Wildman–Crippen LogP) is 2.48. The molecule has 2 atom stereocenters. The van der Waals surface area contributed by atoms with Gasteiger partial charge in [0.1, 0.15) is 0 Å². The normalized spacial score (nSPS) is 22.9. The zero-order valence-corrected chi connectivity index (χ0v) is 10.1. The minimum atomic E-state index is 0.506. The van der Waals surface area contributed by atoms with Crippen LogP contribution in [0.25, 0.3) is 0 Å². The lowest BCUT2D eigenvalue weighted by molar-refractivity contribution is 0.348. The number of hydrogen-bond donors (Lipinski definition) is 2. The molecule has 2 nitrogen and oxygen atoms in total. The standard InChI is InChI=1S/C14H22N2/c1-2-14(12-7-4-3-5-8-12)16-13-9-6-10-15-11-13/h3-5,7-8,13-16H,2,6,9-11H2,1H3. The first-order valence-electron chi connectivity index (χ1n) is 6.42. The Kier molecular flexibility index (Phi) is 4.37. The molecular weight excluding hydrogens is 196 g/mol. The molecule has 1 aliphatic rings. The average Bonchev–Trinajstić information content (AvgIpc) is 2.38. The van der Waals surface area contributed by atoms with Crippen molar-refractivity contribution in [2.75, 3.05) is 13.1 Å². The monoisotopic (exact) mass is 218 g/mol. The summed E-state index contributed by atoms with van der Waals surface area (Å²) in [5.74, 6) is 0. The fourth-order valence-corrected chi connectivity index (χ4v) is 2.41. The summed E-state index contributed by atoms with van der Waals surface area (Å²) in [6.45, 7) is 4.55. The molecule has 2 N–H and O–H groups in total. The van der Waals surface area contributed by atoms with Crippen LogP contribution in [-0.2, 0) is 0 Å². The molecule has 0 bridgehead atoms. The molecule has 0 spiro atoms. The molecule has 2 rings (SSSR count). The van der Waals surface area contributed by atoms with Crippen molar-refractivity contribution in [3.8, 4) is 0 Å². The van der Waals surface area contributed by atoms with Crippen LogP contribution in [0.15, 0.2) is 30.3 Å². The van der Waals surface area contributed by atoms with Crippen LogP contribution < -0.4 is 10.6 Å². The highest BCUT2D eigenvalue weighted by Crippen LogP contribution is 2.18. The van der Waals surface area contributed by atoms with E-state index in [1.165, 1.54) is 24.9 Å². The van der Waals surface area contributed by atoms with Crippen LogP contribution in [0.4, 0.5) is 0 Å². The molecule has 0 aliphatic carbocycles. The van der Waals surface area contributed by atoms with Gasteiger partial charge in [0.05, 0.1) is 0 Å². The quantitative estimate of drug-likeness (QED) is 0.811. The van der Waals surface area contributed by atoms with Crippen LogP contribution in [0.3, 0.4) is 0 Å². The summed E-state index contributed by atoms with van der Waals surface area (Å²) in [6, 6.07) is 11.9. The van der Waals surface area contributed by atoms with E-state index in [1.54, 1.807) is 0 Å². The Labute approximate surface area is 98.4 Å². The molecule has 0 radical (unpaired) electrons. The molecule has 1 aliphatic heterocycles. The van der Waals surface area contributed by atoms with E-state index < -0.39 is 0 Å². The lowest BCUT2D eigenvalue weighted by Gasteiger charge is -2.28. The molecule has 1 aromatic rings. The summed E-state index contributed by atoms with van der Waals surface area (Å²) in [7, 11) is 0. The third-order valence-corrected chi connectivity index (χ3v) is 3.34. The van der Waals surface area contributed by atoms with Gasteiger partial charge in [0.25, 0.3) is 0 Å². The second-order valence-electron chi connectivity index (χ2n) is 4.58. The van der Waals surface area contributed by atoms with Crippen molar-refractivity contribution in [1.29, 1.82) is 0 Å². The molecule has 2 heteroatoms. The van der Waals surface area contributed by atoms with Gasteiger partial charge in [-0.1, -0.05) is 37.3 Å². The smallest absolute Gasteiger partial charge is 0.0320 e. The van der Waals surface area contributed by atoms with Crippen molar-refractivity contribution in [2.45, 2.75) is 38.3 Å². The fourth-order valence-electron chi connectivity index (χ4n) is 2.41. The third kappa shape index (κ3) is 3.06. The molecule has 88 valence electrons. The van der Waals surface area contributed by atoms with Crippen molar-refractivity contribution in [3.05, 3.63) is 35.9 Å². The van der Waals surface area contributed by atoms with Gasteiger partial charge in [-0.25, -0.2) is 0 Å². The zero-order chi connectivity index (χ0) is 11.2. The number of nitrogens with one attached hydrogen (secondary N) is 2. The van der Waals surface area contributed by atoms with Gasteiger partial charge in [-0.2, -0.15) is 0 Å². The summed E-state index contributed by atoms with van der Waals surface area (Å²) >= 11 is 0. The Balaban J connectivity index is 1.94. The first-order chi connectivity index (χ1) is 7.90. The van der Waals surface area contributed by atoms with Gasteiger partial charge >= 0.3 is 0 Å². The maximum Gasteiger partial charge on any atom is 0.0320 e.